The standard InChI is InChI=1S/C23H28F3N3O/c1-22(2,3)13-17(30)9-4-5-10-19-28-18-12-11-15(14-27)20(23(24,25)26)21(18)29(19)16-7-6-8-16/h11-12,16H,4-10,13H2,1-3H3. The van der Waals surface area contributed by atoms with Crippen LogP contribution in [0.5, 0.6) is 0 Å². The van der Waals surface area contributed by atoms with Gasteiger partial charge in [-0.25, -0.2) is 4.98 Å². The molecule has 162 valence electrons. The number of alkyl halides is 3. The Morgan fingerprint density at radius 3 is 2.47 bits per heavy atom. The number of carbonyl (C=O) groups excluding carboxylic acids is 1. The van der Waals surface area contributed by atoms with Crippen LogP contribution in [0.2, 0.25) is 0 Å². The summed E-state index contributed by atoms with van der Waals surface area (Å²) in [5.41, 5.74) is -0.970. The van der Waals surface area contributed by atoms with Gasteiger partial charge >= 0.3 is 6.18 Å². The largest absolute Gasteiger partial charge is 0.419 e. The van der Waals surface area contributed by atoms with Crippen LogP contribution in [0.4, 0.5) is 13.2 Å². The van der Waals surface area contributed by atoms with Gasteiger partial charge in [-0.05, 0) is 49.7 Å². The number of nitrogens with zero attached hydrogens (tertiary/aromatic N) is 3. The number of hydrogen-bond donors (Lipinski definition) is 0. The number of hydrogen-bond acceptors (Lipinski definition) is 3. The number of aryl methyl sites for hydroxylation is 1. The molecule has 1 aromatic carbocycles. The predicted molar refractivity (Wildman–Crippen MR) is 109 cm³/mol. The van der Waals surface area contributed by atoms with Crippen molar-refractivity contribution in [1.82, 2.24) is 9.55 Å². The lowest BCUT2D eigenvalue weighted by Crippen LogP contribution is -2.21. The first kappa shape index (κ1) is 22.3. The molecule has 0 radical (unpaired) electrons. The normalized spacial score (nSPS) is 15.2. The molecule has 7 heteroatoms. The Bertz CT molecular complexity index is 973. The fraction of sp³-hybridized carbons (Fsp3) is 0.609. The van der Waals surface area contributed by atoms with E-state index in [1.165, 1.54) is 12.1 Å². The molecule has 0 aliphatic heterocycles. The van der Waals surface area contributed by atoms with Crippen LogP contribution >= 0.6 is 0 Å². The van der Waals surface area contributed by atoms with Gasteiger partial charge < -0.3 is 4.57 Å². The Morgan fingerprint density at radius 1 is 1.23 bits per heavy atom. The average molecular weight is 419 g/mol. The number of unbranched alkanes of at least 4 members (excludes halogenated alkanes) is 1. The van der Waals surface area contributed by atoms with E-state index in [9.17, 15) is 23.2 Å². The Morgan fingerprint density at radius 2 is 1.93 bits per heavy atom. The highest BCUT2D eigenvalue weighted by molar-refractivity contribution is 5.83. The minimum Gasteiger partial charge on any atom is -0.324 e. The summed E-state index contributed by atoms with van der Waals surface area (Å²) in [5.74, 6) is 0.839. The second-order valence-electron chi connectivity index (χ2n) is 9.43. The summed E-state index contributed by atoms with van der Waals surface area (Å²) in [7, 11) is 0. The molecule has 0 spiro atoms. The molecule has 0 N–H and O–H groups in total. The highest BCUT2D eigenvalue weighted by Crippen LogP contribution is 2.42. The van der Waals surface area contributed by atoms with Crippen molar-refractivity contribution in [2.45, 2.75) is 84.4 Å². The van der Waals surface area contributed by atoms with Crippen molar-refractivity contribution in [3.05, 3.63) is 29.1 Å². The van der Waals surface area contributed by atoms with Crippen molar-refractivity contribution in [2.24, 2.45) is 5.41 Å². The van der Waals surface area contributed by atoms with Gasteiger partial charge in [0.15, 0.2) is 0 Å². The van der Waals surface area contributed by atoms with Crippen molar-refractivity contribution in [3.63, 3.8) is 0 Å². The van der Waals surface area contributed by atoms with Crippen LogP contribution in [0, 0.1) is 16.7 Å². The zero-order valence-corrected chi connectivity index (χ0v) is 17.8. The Labute approximate surface area is 175 Å². The fourth-order valence-corrected chi connectivity index (χ4v) is 4.12. The first-order valence-corrected chi connectivity index (χ1v) is 10.5. The topological polar surface area (TPSA) is 58.7 Å². The van der Waals surface area contributed by atoms with E-state index in [0.717, 1.165) is 19.3 Å². The maximum Gasteiger partial charge on any atom is 0.419 e. The third kappa shape index (κ3) is 4.85. The lowest BCUT2D eigenvalue weighted by Gasteiger charge is -2.30. The van der Waals surface area contributed by atoms with Gasteiger partial charge in [-0.15, -0.1) is 0 Å². The van der Waals surface area contributed by atoms with Crippen LogP contribution in [0.15, 0.2) is 12.1 Å². The van der Waals surface area contributed by atoms with Crippen LogP contribution in [-0.4, -0.2) is 15.3 Å². The molecule has 0 saturated heterocycles. The average Bonchev–Trinajstić information content (AvgIpc) is 2.92. The quantitative estimate of drug-likeness (QED) is 0.490. The first-order chi connectivity index (χ1) is 14.0. The van der Waals surface area contributed by atoms with Crippen LogP contribution < -0.4 is 0 Å². The van der Waals surface area contributed by atoms with Crippen LogP contribution in [0.1, 0.15) is 88.7 Å². The lowest BCUT2D eigenvalue weighted by molar-refractivity contribution is -0.136. The fourth-order valence-electron chi connectivity index (χ4n) is 4.12. The second kappa shape index (κ2) is 8.41. The molecule has 1 aromatic heterocycles. The highest BCUT2D eigenvalue weighted by atomic mass is 19.4. The molecule has 1 heterocycles. The van der Waals surface area contributed by atoms with E-state index in [1.807, 2.05) is 20.8 Å². The number of carbonyl (C=O) groups is 1. The highest BCUT2D eigenvalue weighted by Gasteiger charge is 2.39. The van der Waals surface area contributed by atoms with Gasteiger partial charge in [-0.3, -0.25) is 4.79 Å². The zero-order chi connectivity index (χ0) is 22.1. The second-order valence-corrected chi connectivity index (χ2v) is 9.43. The van der Waals surface area contributed by atoms with E-state index < -0.39 is 11.7 Å². The van der Waals surface area contributed by atoms with Crippen molar-refractivity contribution >= 4 is 16.8 Å². The molecule has 0 amide bonds. The van der Waals surface area contributed by atoms with Gasteiger partial charge in [-0.1, -0.05) is 20.8 Å². The third-order valence-electron chi connectivity index (χ3n) is 5.60. The van der Waals surface area contributed by atoms with Crippen LogP contribution in [-0.2, 0) is 17.4 Å². The van der Waals surface area contributed by atoms with E-state index >= 15 is 0 Å². The summed E-state index contributed by atoms with van der Waals surface area (Å²) < 4.78 is 43.2. The third-order valence-corrected chi connectivity index (χ3v) is 5.60. The van der Waals surface area contributed by atoms with Gasteiger partial charge in [0, 0.05) is 25.3 Å². The van der Waals surface area contributed by atoms with Crippen molar-refractivity contribution in [1.29, 1.82) is 5.26 Å². The van der Waals surface area contributed by atoms with E-state index in [2.05, 4.69) is 4.98 Å². The lowest BCUT2D eigenvalue weighted by atomic mass is 9.88. The van der Waals surface area contributed by atoms with Gasteiger partial charge in [0.25, 0.3) is 0 Å². The Balaban J connectivity index is 1.87. The van der Waals surface area contributed by atoms with Gasteiger partial charge in [0.1, 0.15) is 11.6 Å². The Hall–Kier alpha value is -2.36. The maximum atomic E-state index is 13.8. The molecular weight excluding hydrogens is 391 g/mol. The summed E-state index contributed by atoms with van der Waals surface area (Å²) in [5, 5.41) is 9.24. The Kier molecular flexibility index (Phi) is 6.26. The minimum atomic E-state index is -4.62. The SMILES string of the molecule is CC(C)(C)CC(=O)CCCCc1nc2ccc(C#N)c(C(F)(F)F)c2n1C1CCC1. The van der Waals surface area contributed by atoms with E-state index in [-0.39, 0.29) is 33.8 Å². The number of benzene rings is 1. The molecule has 30 heavy (non-hydrogen) atoms. The monoisotopic (exact) mass is 419 g/mol. The molecule has 0 atom stereocenters. The van der Waals surface area contributed by atoms with Gasteiger partial charge in [0.05, 0.1) is 28.2 Å². The van der Waals surface area contributed by atoms with Crippen molar-refractivity contribution in [3.8, 4) is 6.07 Å². The van der Waals surface area contributed by atoms with E-state index in [4.69, 9.17) is 0 Å². The van der Waals surface area contributed by atoms with E-state index in [1.54, 1.807) is 10.6 Å². The number of fused-ring (bicyclic) bond motifs is 1. The minimum absolute atomic E-state index is 0.0115. The number of rotatable bonds is 7. The maximum absolute atomic E-state index is 13.8. The molecule has 3 rings (SSSR count). The summed E-state index contributed by atoms with van der Waals surface area (Å²) in [6.07, 6.45) is 0.900. The number of halogens is 3. The molecule has 0 bridgehead atoms. The van der Waals surface area contributed by atoms with Crippen LogP contribution in [0.25, 0.3) is 11.0 Å². The summed E-state index contributed by atoms with van der Waals surface area (Å²) in [6, 6.07) is 4.39. The molecule has 1 saturated carbocycles. The summed E-state index contributed by atoms with van der Waals surface area (Å²) in [6.45, 7) is 6.08. The number of Topliss-reactive ketones (excluding diaryl/α,β-unsaturated/α-hetero) is 1. The van der Waals surface area contributed by atoms with Gasteiger partial charge in [-0.2, -0.15) is 18.4 Å². The number of imidazole rings is 1. The van der Waals surface area contributed by atoms with E-state index in [0.29, 0.717) is 37.9 Å². The molecule has 1 fully saturated rings. The zero-order valence-electron chi connectivity index (χ0n) is 17.8. The summed E-state index contributed by atoms with van der Waals surface area (Å²) >= 11 is 0. The van der Waals surface area contributed by atoms with Crippen LogP contribution in [0.3, 0.4) is 0 Å². The first-order valence-electron chi connectivity index (χ1n) is 10.5. The molecule has 2 aromatic rings. The molecule has 0 unspecified atom stereocenters. The number of nitriles is 1. The van der Waals surface area contributed by atoms with Gasteiger partial charge in [0.2, 0.25) is 0 Å². The predicted octanol–water partition coefficient (Wildman–Crippen LogP) is 6.37. The molecule has 4 nitrogen and oxygen atoms in total. The number of aromatic nitrogens is 2. The van der Waals surface area contributed by atoms with Crippen molar-refractivity contribution in [2.75, 3.05) is 0 Å². The smallest absolute Gasteiger partial charge is 0.324 e. The number of ketones is 1. The molecule has 1 aliphatic rings. The molecule has 1 aliphatic carbocycles. The summed E-state index contributed by atoms with van der Waals surface area (Å²) in [4.78, 5) is 16.6. The van der Waals surface area contributed by atoms with Crippen molar-refractivity contribution < 1.29 is 18.0 Å². The molecular formula is C23H28F3N3O.